The summed E-state index contributed by atoms with van der Waals surface area (Å²) in [5.74, 6) is 0.713. The first-order valence-corrected chi connectivity index (χ1v) is 10.1. The van der Waals surface area contributed by atoms with Gasteiger partial charge >= 0.3 is 12.0 Å². The first-order chi connectivity index (χ1) is 14.9. The molecule has 0 radical (unpaired) electrons. The molecule has 0 bridgehead atoms. The van der Waals surface area contributed by atoms with E-state index < -0.39 is 12.0 Å². The molecule has 0 saturated heterocycles. The first-order valence-electron chi connectivity index (χ1n) is 10.1. The maximum Gasteiger partial charge on any atom is 0.338 e. The van der Waals surface area contributed by atoms with E-state index >= 15 is 0 Å². The highest BCUT2D eigenvalue weighted by molar-refractivity contribution is 5.95. The maximum atomic E-state index is 13.0. The van der Waals surface area contributed by atoms with Gasteiger partial charge in [0.15, 0.2) is 0 Å². The summed E-state index contributed by atoms with van der Waals surface area (Å²) < 4.78 is 16.8. The fourth-order valence-corrected chi connectivity index (χ4v) is 3.47. The van der Waals surface area contributed by atoms with Crippen molar-refractivity contribution in [3.63, 3.8) is 0 Å². The third kappa shape index (κ3) is 4.66. The Hall–Kier alpha value is -3.48. The van der Waals surface area contributed by atoms with Gasteiger partial charge in [-0.05, 0) is 50.1 Å². The number of methoxy groups -OCH3 is 1. The standard InChI is InChI=1S/C24H28N2O5/c1-6-30-23(27)21-19(14-31-17-12-11-15(2)16(3)13-17)26(4)24(28)25-22(21)18-9-7-8-10-20(18)29-5/h7-13,22H,6,14H2,1-5H3,(H,25,28)/t22-/m1/s1. The third-order valence-corrected chi connectivity index (χ3v) is 5.38. The number of amides is 2. The van der Waals surface area contributed by atoms with E-state index in [2.05, 4.69) is 5.32 Å². The van der Waals surface area contributed by atoms with Crippen LogP contribution >= 0.6 is 0 Å². The fourth-order valence-electron chi connectivity index (χ4n) is 3.47. The maximum absolute atomic E-state index is 13.0. The number of hydrogen-bond acceptors (Lipinski definition) is 5. The minimum Gasteiger partial charge on any atom is -0.496 e. The normalized spacial score (nSPS) is 16.1. The second-order valence-electron chi connectivity index (χ2n) is 7.30. The molecule has 0 saturated carbocycles. The Balaban J connectivity index is 2.06. The van der Waals surface area contributed by atoms with E-state index in [1.165, 1.54) is 4.90 Å². The lowest BCUT2D eigenvalue weighted by Crippen LogP contribution is -2.48. The zero-order chi connectivity index (χ0) is 22.5. The molecule has 0 aliphatic carbocycles. The number of likely N-dealkylation sites (N-methyl/N-ethyl adjacent to an activating group) is 1. The summed E-state index contributed by atoms with van der Waals surface area (Å²) in [6.07, 6.45) is 0. The fraction of sp³-hybridized carbons (Fsp3) is 0.333. The molecule has 0 unspecified atom stereocenters. The van der Waals surface area contributed by atoms with Crippen LogP contribution in [0.25, 0.3) is 0 Å². The molecule has 164 valence electrons. The van der Waals surface area contributed by atoms with Gasteiger partial charge in [-0.2, -0.15) is 0 Å². The van der Waals surface area contributed by atoms with Gasteiger partial charge in [0.1, 0.15) is 18.1 Å². The van der Waals surface area contributed by atoms with E-state index in [-0.39, 0.29) is 19.2 Å². The quantitative estimate of drug-likeness (QED) is 0.682. The summed E-state index contributed by atoms with van der Waals surface area (Å²) in [5, 5.41) is 2.88. The molecule has 1 N–H and O–H groups in total. The smallest absolute Gasteiger partial charge is 0.338 e. The number of ether oxygens (including phenoxy) is 3. The summed E-state index contributed by atoms with van der Waals surface area (Å²) in [6, 6.07) is 12.0. The highest BCUT2D eigenvalue weighted by Gasteiger charge is 2.38. The molecule has 2 amide bonds. The molecule has 0 aromatic heterocycles. The van der Waals surface area contributed by atoms with Crippen LogP contribution in [0.1, 0.15) is 29.7 Å². The number of esters is 1. The third-order valence-electron chi connectivity index (χ3n) is 5.38. The molecule has 31 heavy (non-hydrogen) atoms. The van der Waals surface area contributed by atoms with Gasteiger partial charge in [0.25, 0.3) is 0 Å². The van der Waals surface area contributed by atoms with Crippen molar-refractivity contribution in [1.29, 1.82) is 0 Å². The number of rotatable bonds is 7. The molecule has 7 nitrogen and oxygen atoms in total. The Kier molecular flexibility index (Phi) is 6.84. The minimum atomic E-state index is -0.725. The highest BCUT2D eigenvalue weighted by atomic mass is 16.5. The van der Waals surface area contributed by atoms with Crippen LogP contribution in [0.2, 0.25) is 0 Å². The number of nitrogens with one attached hydrogen (secondary N) is 1. The number of carbonyl (C=O) groups is 2. The van der Waals surface area contributed by atoms with Crippen molar-refractivity contribution in [2.75, 3.05) is 27.4 Å². The van der Waals surface area contributed by atoms with Crippen molar-refractivity contribution in [3.05, 3.63) is 70.4 Å². The zero-order valence-corrected chi connectivity index (χ0v) is 18.5. The zero-order valence-electron chi connectivity index (χ0n) is 18.5. The van der Waals surface area contributed by atoms with Crippen molar-refractivity contribution >= 4 is 12.0 Å². The van der Waals surface area contributed by atoms with E-state index in [9.17, 15) is 9.59 Å². The largest absolute Gasteiger partial charge is 0.496 e. The summed E-state index contributed by atoms with van der Waals surface area (Å²) in [4.78, 5) is 27.1. The summed E-state index contributed by atoms with van der Waals surface area (Å²) in [6.45, 7) is 6.02. The van der Waals surface area contributed by atoms with Crippen molar-refractivity contribution in [2.45, 2.75) is 26.8 Å². The van der Waals surface area contributed by atoms with Crippen molar-refractivity contribution in [2.24, 2.45) is 0 Å². The Morgan fingerprint density at radius 3 is 2.55 bits per heavy atom. The molecular formula is C24H28N2O5. The number of hydrogen-bond donors (Lipinski definition) is 1. The molecule has 0 fully saturated rings. The summed E-state index contributed by atoms with van der Waals surface area (Å²) in [5.41, 5.74) is 3.68. The van der Waals surface area contributed by atoms with Gasteiger partial charge < -0.3 is 19.5 Å². The molecule has 1 aliphatic heterocycles. The van der Waals surface area contributed by atoms with Gasteiger partial charge in [-0.25, -0.2) is 9.59 Å². The number of carbonyl (C=O) groups excluding carboxylic acids is 2. The molecule has 2 aromatic rings. The number of aryl methyl sites for hydroxylation is 2. The Morgan fingerprint density at radius 2 is 1.87 bits per heavy atom. The van der Waals surface area contributed by atoms with E-state index in [4.69, 9.17) is 14.2 Å². The minimum absolute atomic E-state index is 0.0339. The van der Waals surface area contributed by atoms with Crippen LogP contribution in [-0.2, 0) is 9.53 Å². The van der Waals surface area contributed by atoms with Gasteiger partial charge in [-0.15, -0.1) is 0 Å². The number of nitrogens with zero attached hydrogens (tertiary/aromatic N) is 1. The van der Waals surface area contributed by atoms with E-state index in [1.807, 2.05) is 50.2 Å². The molecule has 7 heteroatoms. The monoisotopic (exact) mass is 424 g/mol. The van der Waals surface area contributed by atoms with Gasteiger partial charge in [0.05, 0.1) is 31.0 Å². The molecular weight excluding hydrogens is 396 g/mol. The molecule has 1 atom stereocenters. The van der Waals surface area contributed by atoms with Crippen molar-refractivity contribution < 1.29 is 23.8 Å². The predicted molar refractivity (Wildman–Crippen MR) is 117 cm³/mol. The molecule has 1 aliphatic rings. The van der Waals surface area contributed by atoms with E-state index in [0.29, 0.717) is 28.3 Å². The van der Waals surface area contributed by atoms with Crippen LogP contribution in [0.4, 0.5) is 4.79 Å². The second-order valence-corrected chi connectivity index (χ2v) is 7.30. The lowest BCUT2D eigenvalue weighted by atomic mass is 9.94. The lowest BCUT2D eigenvalue weighted by molar-refractivity contribution is -0.139. The highest BCUT2D eigenvalue weighted by Crippen LogP contribution is 2.35. The van der Waals surface area contributed by atoms with Crippen molar-refractivity contribution in [3.8, 4) is 11.5 Å². The summed E-state index contributed by atoms with van der Waals surface area (Å²) >= 11 is 0. The molecule has 2 aromatic carbocycles. The lowest BCUT2D eigenvalue weighted by Gasteiger charge is -2.34. The SMILES string of the molecule is CCOC(=O)C1=C(COc2ccc(C)c(C)c2)N(C)C(=O)N[C@@H]1c1ccccc1OC. The van der Waals surface area contributed by atoms with Crippen LogP contribution in [0, 0.1) is 13.8 Å². The van der Waals surface area contributed by atoms with E-state index in [1.54, 1.807) is 27.1 Å². The average Bonchev–Trinajstić information content (AvgIpc) is 2.76. The number of urea groups is 1. The number of benzene rings is 2. The Morgan fingerprint density at radius 1 is 1.13 bits per heavy atom. The first kappa shape index (κ1) is 22.2. The van der Waals surface area contributed by atoms with Crippen LogP contribution in [0.3, 0.4) is 0 Å². The van der Waals surface area contributed by atoms with Crippen LogP contribution in [0.15, 0.2) is 53.7 Å². The predicted octanol–water partition coefficient (Wildman–Crippen LogP) is 3.90. The molecule has 3 rings (SSSR count). The summed E-state index contributed by atoms with van der Waals surface area (Å²) in [7, 11) is 3.15. The van der Waals surface area contributed by atoms with Gasteiger partial charge in [0, 0.05) is 12.6 Å². The van der Waals surface area contributed by atoms with Gasteiger partial charge in [-0.1, -0.05) is 24.3 Å². The molecule has 0 spiro atoms. The second kappa shape index (κ2) is 9.55. The van der Waals surface area contributed by atoms with Crippen LogP contribution in [0.5, 0.6) is 11.5 Å². The van der Waals surface area contributed by atoms with Crippen LogP contribution in [-0.4, -0.2) is 44.3 Å². The Labute approximate surface area is 182 Å². The van der Waals surface area contributed by atoms with Crippen molar-refractivity contribution in [1.82, 2.24) is 10.2 Å². The van der Waals surface area contributed by atoms with E-state index in [0.717, 1.165) is 11.1 Å². The van der Waals surface area contributed by atoms with Gasteiger partial charge in [-0.3, -0.25) is 4.90 Å². The molecule has 1 heterocycles. The topological polar surface area (TPSA) is 77.1 Å². The Bertz CT molecular complexity index is 1010. The van der Waals surface area contributed by atoms with Crippen LogP contribution < -0.4 is 14.8 Å². The van der Waals surface area contributed by atoms with Gasteiger partial charge in [0.2, 0.25) is 0 Å². The number of para-hydroxylation sites is 1. The average molecular weight is 424 g/mol.